The molecule has 0 saturated heterocycles. The highest BCUT2D eigenvalue weighted by Gasteiger charge is 2.23. The molecule has 2 heterocycles. The Morgan fingerprint density at radius 3 is 3.00 bits per heavy atom. The molecule has 20 heavy (non-hydrogen) atoms. The molecule has 108 valence electrons. The highest BCUT2D eigenvalue weighted by Crippen LogP contribution is 2.24. The van der Waals surface area contributed by atoms with Crippen LogP contribution in [0, 0.1) is 0 Å². The fourth-order valence-corrected chi connectivity index (χ4v) is 2.52. The van der Waals surface area contributed by atoms with Crippen molar-refractivity contribution in [3.05, 3.63) is 30.1 Å². The summed E-state index contributed by atoms with van der Waals surface area (Å²) in [6.07, 6.45) is 4.23. The summed E-state index contributed by atoms with van der Waals surface area (Å²) in [7, 11) is 1.98. The molecule has 1 aliphatic rings. The fraction of sp³-hybridized carbons (Fsp3) is 0.533. The van der Waals surface area contributed by atoms with Gasteiger partial charge >= 0.3 is 0 Å². The summed E-state index contributed by atoms with van der Waals surface area (Å²) in [5.74, 6) is 0.949. The van der Waals surface area contributed by atoms with Crippen LogP contribution in [-0.2, 0) is 6.54 Å². The summed E-state index contributed by atoms with van der Waals surface area (Å²) in [4.78, 5) is 6.73. The molecule has 5 heteroatoms. The fourth-order valence-electron chi connectivity index (χ4n) is 2.52. The third-order valence-corrected chi connectivity index (χ3v) is 3.64. The zero-order valence-corrected chi connectivity index (χ0v) is 12.1. The summed E-state index contributed by atoms with van der Waals surface area (Å²) in [5, 5.41) is 13.1. The monoisotopic (exact) mass is 274 g/mol. The van der Waals surface area contributed by atoms with Crippen LogP contribution >= 0.6 is 0 Å². The molecule has 0 amide bonds. The molecule has 1 saturated carbocycles. The number of anilines is 1. The van der Waals surface area contributed by atoms with E-state index in [0.717, 1.165) is 23.7 Å². The summed E-state index contributed by atoms with van der Waals surface area (Å²) in [5.41, 5.74) is 2.11. The van der Waals surface area contributed by atoms with Gasteiger partial charge in [-0.1, -0.05) is 6.07 Å². The van der Waals surface area contributed by atoms with Crippen molar-refractivity contribution in [3.63, 3.8) is 0 Å². The smallest absolute Gasteiger partial charge is 0.152 e. The van der Waals surface area contributed by atoms with E-state index in [9.17, 15) is 5.11 Å². The molecule has 5 nitrogen and oxygen atoms in total. The highest BCUT2D eigenvalue weighted by atomic mass is 16.3. The van der Waals surface area contributed by atoms with E-state index in [-0.39, 0.29) is 6.10 Å². The maximum atomic E-state index is 9.59. The van der Waals surface area contributed by atoms with Gasteiger partial charge in [-0.05, 0) is 31.9 Å². The third-order valence-electron chi connectivity index (χ3n) is 3.64. The van der Waals surface area contributed by atoms with Gasteiger partial charge in [0.1, 0.15) is 5.65 Å². The number of pyridine rings is 1. The molecule has 2 aromatic heterocycles. The van der Waals surface area contributed by atoms with Gasteiger partial charge < -0.3 is 19.7 Å². The Morgan fingerprint density at radius 1 is 1.50 bits per heavy atom. The second-order valence-corrected chi connectivity index (χ2v) is 5.70. The first kappa shape index (κ1) is 13.4. The molecule has 2 N–H and O–H groups in total. The zero-order chi connectivity index (χ0) is 14.1. The standard InChI is InChI=1S/C15H22N4O/c1-11(20)10-18(2)15-13(9-16-12-6-7-12)19-8-4-3-5-14(19)17-15/h3-5,8,11-12,16,20H,6-7,9-10H2,1-2H3. The molecule has 0 radical (unpaired) electrons. The number of fused-ring (bicyclic) bond motifs is 1. The lowest BCUT2D eigenvalue weighted by Gasteiger charge is -2.20. The Morgan fingerprint density at radius 2 is 2.30 bits per heavy atom. The summed E-state index contributed by atoms with van der Waals surface area (Å²) < 4.78 is 2.13. The van der Waals surface area contributed by atoms with Gasteiger partial charge in [0, 0.05) is 32.4 Å². The Bertz CT molecular complexity index is 589. The molecular formula is C15H22N4O. The Hall–Kier alpha value is -1.59. The molecule has 0 spiro atoms. The molecule has 0 bridgehead atoms. The number of nitrogens with one attached hydrogen (secondary N) is 1. The van der Waals surface area contributed by atoms with Crippen LogP contribution in [0.25, 0.3) is 5.65 Å². The van der Waals surface area contributed by atoms with Crippen LogP contribution in [0.5, 0.6) is 0 Å². The maximum Gasteiger partial charge on any atom is 0.152 e. The van der Waals surface area contributed by atoms with Gasteiger partial charge in [-0.2, -0.15) is 0 Å². The van der Waals surface area contributed by atoms with Crippen LogP contribution in [0.2, 0.25) is 0 Å². The van der Waals surface area contributed by atoms with Gasteiger partial charge in [-0.15, -0.1) is 0 Å². The molecule has 2 aromatic rings. The number of aromatic nitrogens is 2. The highest BCUT2D eigenvalue weighted by molar-refractivity contribution is 5.55. The zero-order valence-electron chi connectivity index (χ0n) is 12.1. The average Bonchev–Trinajstić information content (AvgIpc) is 3.16. The number of nitrogens with zero attached hydrogens (tertiary/aromatic N) is 3. The number of aliphatic hydroxyl groups is 1. The van der Waals surface area contributed by atoms with Crippen LogP contribution in [0.4, 0.5) is 5.82 Å². The van der Waals surface area contributed by atoms with E-state index in [4.69, 9.17) is 4.98 Å². The largest absolute Gasteiger partial charge is 0.392 e. The van der Waals surface area contributed by atoms with E-state index in [1.165, 1.54) is 12.8 Å². The SMILES string of the molecule is CC(O)CN(C)c1nc2ccccn2c1CNC1CC1. The molecule has 1 unspecified atom stereocenters. The number of likely N-dealkylation sites (N-methyl/N-ethyl adjacent to an activating group) is 1. The van der Waals surface area contributed by atoms with Gasteiger partial charge in [0.2, 0.25) is 0 Å². The first-order chi connectivity index (χ1) is 9.65. The Kier molecular flexibility index (Phi) is 3.63. The average molecular weight is 274 g/mol. The molecule has 0 aliphatic heterocycles. The molecule has 1 fully saturated rings. The molecule has 1 aliphatic carbocycles. The molecular weight excluding hydrogens is 252 g/mol. The van der Waals surface area contributed by atoms with Crippen LogP contribution < -0.4 is 10.2 Å². The second-order valence-electron chi connectivity index (χ2n) is 5.70. The first-order valence-electron chi connectivity index (χ1n) is 7.23. The number of rotatable bonds is 6. The summed E-state index contributed by atoms with van der Waals surface area (Å²) >= 11 is 0. The van der Waals surface area contributed by atoms with E-state index in [0.29, 0.717) is 12.6 Å². The second kappa shape index (κ2) is 5.42. The van der Waals surface area contributed by atoms with E-state index in [1.54, 1.807) is 6.92 Å². The van der Waals surface area contributed by atoms with Crippen LogP contribution in [0.15, 0.2) is 24.4 Å². The minimum absolute atomic E-state index is 0.367. The quantitative estimate of drug-likeness (QED) is 0.836. The Balaban J connectivity index is 1.92. The molecule has 1 atom stereocenters. The lowest BCUT2D eigenvalue weighted by atomic mass is 10.3. The van der Waals surface area contributed by atoms with Crippen molar-refractivity contribution in [3.8, 4) is 0 Å². The van der Waals surface area contributed by atoms with E-state index < -0.39 is 0 Å². The third kappa shape index (κ3) is 2.78. The molecule has 0 aromatic carbocycles. The van der Waals surface area contributed by atoms with E-state index >= 15 is 0 Å². The van der Waals surface area contributed by atoms with Crippen molar-refractivity contribution in [2.45, 2.75) is 38.5 Å². The van der Waals surface area contributed by atoms with E-state index in [2.05, 4.69) is 9.72 Å². The topological polar surface area (TPSA) is 52.8 Å². The van der Waals surface area contributed by atoms with Gasteiger partial charge in [0.15, 0.2) is 5.82 Å². The van der Waals surface area contributed by atoms with Crippen LogP contribution in [-0.4, -0.2) is 40.2 Å². The van der Waals surface area contributed by atoms with Crippen LogP contribution in [0.1, 0.15) is 25.5 Å². The van der Waals surface area contributed by atoms with Crippen molar-refractivity contribution in [2.75, 3.05) is 18.5 Å². The van der Waals surface area contributed by atoms with Gasteiger partial charge in [-0.25, -0.2) is 4.98 Å². The minimum Gasteiger partial charge on any atom is -0.392 e. The van der Waals surface area contributed by atoms with E-state index in [1.807, 2.05) is 36.3 Å². The Labute approximate surface area is 119 Å². The van der Waals surface area contributed by atoms with Crippen molar-refractivity contribution < 1.29 is 5.11 Å². The van der Waals surface area contributed by atoms with Crippen LogP contribution in [0.3, 0.4) is 0 Å². The van der Waals surface area contributed by atoms with Crippen molar-refractivity contribution >= 4 is 11.5 Å². The minimum atomic E-state index is -0.367. The first-order valence-corrected chi connectivity index (χ1v) is 7.23. The number of hydrogen-bond acceptors (Lipinski definition) is 4. The predicted octanol–water partition coefficient (Wildman–Crippen LogP) is 1.40. The van der Waals surface area contributed by atoms with Crippen molar-refractivity contribution in [2.24, 2.45) is 0 Å². The predicted molar refractivity (Wildman–Crippen MR) is 80.0 cm³/mol. The number of imidazole rings is 1. The normalized spacial score (nSPS) is 16.6. The summed E-state index contributed by atoms with van der Waals surface area (Å²) in [6.45, 7) is 3.20. The van der Waals surface area contributed by atoms with Crippen molar-refractivity contribution in [1.82, 2.24) is 14.7 Å². The number of aliphatic hydroxyl groups excluding tert-OH is 1. The van der Waals surface area contributed by atoms with Gasteiger partial charge in [-0.3, -0.25) is 0 Å². The summed E-state index contributed by atoms with van der Waals surface area (Å²) in [6, 6.07) is 6.70. The maximum absolute atomic E-state index is 9.59. The van der Waals surface area contributed by atoms with Gasteiger partial charge in [0.05, 0.1) is 11.8 Å². The lowest BCUT2D eigenvalue weighted by molar-refractivity contribution is 0.201. The number of hydrogen-bond donors (Lipinski definition) is 2. The van der Waals surface area contributed by atoms with Gasteiger partial charge in [0.25, 0.3) is 0 Å². The molecule has 3 rings (SSSR count). The lowest BCUT2D eigenvalue weighted by Crippen LogP contribution is -2.29. The van der Waals surface area contributed by atoms with Crippen molar-refractivity contribution in [1.29, 1.82) is 0 Å².